The maximum absolute atomic E-state index is 5.80. The van der Waals surface area contributed by atoms with Crippen molar-refractivity contribution in [2.45, 2.75) is 0 Å². The summed E-state index contributed by atoms with van der Waals surface area (Å²) in [6.45, 7) is 0. The van der Waals surface area contributed by atoms with Crippen LogP contribution in [0.3, 0.4) is 0 Å². The number of hydrogen-bond acceptors (Lipinski definition) is 2. The molecular weight excluding hydrogens is 313 g/mol. The standard InChI is InChI=1S/C14H11Cl2N3S/c15-11-3-1-10(2-4-11)9-17-19-14(20)18-13-7-5-12(16)6-8-13/h1-9H,(H2,18,19,20)/b17-9+. The maximum atomic E-state index is 5.80. The monoisotopic (exact) mass is 323 g/mol. The molecule has 0 saturated carbocycles. The summed E-state index contributed by atoms with van der Waals surface area (Å²) in [5.41, 5.74) is 4.50. The van der Waals surface area contributed by atoms with Crippen LogP contribution in [0, 0.1) is 0 Å². The van der Waals surface area contributed by atoms with E-state index in [9.17, 15) is 0 Å². The minimum Gasteiger partial charge on any atom is -0.331 e. The van der Waals surface area contributed by atoms with Gasteiger partial charge in [0.05, 0.1) is 6.21 Å². The van der Waals surface area contributed by atoms with Crippen LogP contribution in [-0.4, -0.2) is 11.3 Å². The summed E-state index contributed by atoms with van der Waals surface area (Å²) < 4.78 is 0. The lowest BCUT2D eigenvalue weighted by Crippen LogP contribution is -2.23. The van der Waals surface area contributed by atoms with Gasteiger partial charge in [-0.15, -0.1) is 0 Å². The number of thiocarbonyl (C=S) groups is 1. The van der Waals surface area contributed by atoms with Gasteiger partial charge < -0.3 is 5.32 Å². The van der Waals surface area contributed by atoms with E-state index in [-0.39, 0.29) is 0 Å². The Morgan fingerprint density at radius 3 is 2.10 bits per heavy atom. The Morgan fingerprint density at radius 2 is 1.50 bits per heavy atom. The first-order chi connectivity index (χ1) is 9.63. The van der Waals surface area contributed by atoms with Crippen molar-refractivity contribution in [1.82, 2.24) is 5.43 Å². The molecule has 0 spiro atoms. The lowest BCUT2D eigenvalue weighted by Gasteiger charge is -2.06. The van der Waals surface area contributed by atoms with Crippen LogP contribution in [0.4, 0.5) is 5.69 Å². The lowest BCUT2D eigenvalue weighted by molar-refractivity contribution is 1.05. The van der Waals surface area contributed by atoms with E-state index in [0.29, 0.717) is 15.2 Å². The minimum atomic E-state index is 0.400. The van der Waals surface area contributed by atoms with E-state index in [2.05, 4.69) is 15.8 Å². The second kappa shape index (κ2) is 7.24. The van der Waals surface area contributed by atoms with Crippen LogP contribution in [-0.2, 0) is 0 Å². The van der Waals surface area contributed by atoms with Crippen LogP contribution in [0.25, 0.3) is 0 Å². The highest BCUT2D eigenvalue weighted by atomic mass is 35.5. The van der Waals surface area contributed by atoms with E-state index in [4.69, 9.17) is 35.4 Å². The molecule has 0 radical (unpaired) electrons. The van der Waals surface area contributed by atoms with Crippen molar-refractivity contribution in [3.8, 4) is 0 Å². The first-order valence-electron chi connectivity index (χ1n) is 5.75. The predicted molar refractivity (Wildman–Crippen MR) is 89.9 cm³/mol. The number of hydrogen-bond donors (Lipinski definition) is 2. The Bertz CT molecular complexity index is 609. The van der Waals surface area contributed by atoms with Crippen molar-refractivity contribution < 1.29 is 0 Å². The molecule has 3 nitrogen and oxygen atoms in total. The Labute approximate surface area is 132 Å². The maximum Gasteiger partial charge on any atom is 0.191 e. The van der Waals surface area contributed by atoms with Gasteiger partial charge in [0.1, 0.15) is 0 Å². The normalized spacial score (nSPS) is 10.5. The van der Waals surface area contributed by atoms with Gasteiger partial charge in [-0.3, -0.25) is 5.43 Å². The number of hydrazone groups is 1. The molecule has 6 heteroatoms. The van der Waals surface area contributed by atoms with Gasteiger partial charge >= 0.3 is 0 Å². The molecule has 0 atom stereocenters. The second-order valence-corrected chi connectivity index (χ2v) is 5.16. The molecule has 0 aliphatic rings. The minimum absolute atomic E-state index is 0.400. The molecule has 20 heavy (non-hydrogen) atoms. The first kappa shape index (κ1) is 14.8. The van der Waals surface area contributed by atoms with E-state index < -0.39 is 0 Å². The smallest absolute Gasteiger partial charge is 0.191 e. The molecule has 0 amide bonds. The fraction of sp³-hybridized carbons (Fsp3) is 0. The summed E-state index contributed by atoms with van der Waals surface area (Å²) in [6.07, 6.45) is 1.66. The number of nitrogens with zero attached hydrogens (tertiary/aromatic N) is 1. The summed E-state index contributed by atoms with van der Waals surface area (Å²) in [4.78, 5) is 0. The number of rotatable bonds is 3. The van der Waals surface area contributed by atoms with Crippen LogP contribution >= 0.6 is 35.4 Å². The van der Waals surface area contributed by atoms with Gasteiger partial charge in [-0.1, -0.05) is 35.3 Å². The third kappa shape index (κ3) is 4.81. The van der Waals surface area contributed by atoms with E-state index in [1.807, 2.05) is 24.3 Å². The average Bonchev–Trinajstić information content (AvgIpc) is 2.44. The summed E-state index contributed by atoms with van der Waals surface area (Å²) in [5.74, 6) is 0. The van der Waals surface area contributed by atoms with Crippen LogP contribution in [0.2, 0.25) is 10.0 Å². The molecule has 0 aromatic heterocycles. The molecule has 0 heterocycles. The zero-order valence-corrected chi connectivity index (χ0v) is 12.6. The summed E-state index contributed by atoms with van der Waals surface area (Å²) in [7, 11) is 0. The molecule has 2 aromatic rings. The molecule has 0 aliphatic heterocycles. The molecule has 2 aromatic carbocycles. The van der Waals surface area contributed by atoms with Gasteiger partial charge in [0.15, 0.2) is 5.11 Å². The fourth-order valence-electron chi connectivity index (χ4n) is 1.41. The van der Waals surface area contributed by atoms with Crippen LogP contribution in [0.1, 0.15) is 5.56 Å². The van der Waals surface area contributed by atoms with Crippen LogP contribution in [0.15, 0.2) is 53.6 Å². The van der Waals surface area contributed by atoms with Crippen molar-refractivity contribution in [3.05, 3.63) is 64.1 Å². The number of benzene rings is 2. The summed E-state index contributed by atoms with van der Waals surface area (Å²) in [6, 6.07) is 14.6. The fourth-order valence-corrected chi connectivity index (χ4v) is 1.83. The highest BCUT2D eigenvalue weighted by Gasteiger charge is 1.96. The molecule has 0 saturated heterocycles. The topological polar surface area (TPSA) is 36.4 Å². The van der Waals surface area contributed by atoms with Gasteiger partial charge in [-0.2, -0.15) is 5.10 Å². The number of nitrogens with one attached hydrogen (secondary N) is 2. The highest BCUT2D eigenvalue weighted by molar-refractivity contribution is 7.80. The van der Waals surface area contributed by atoms with Crippen molar-refractivity contribution in [3.63, 3.8) is 0 Å². The van der Waals surface area contributed by atoms with Crippen LogP contribution in [0.5, 0.6) is 0 Å². The van der Waals surface area contributed by atoms with Crippen LogP contribution < -0.4 is 10.7 Å². The summed E-state index contributed by atoms with van der Waals surface area (Å²) in [5, 5.41) is 8.79. The SMILES string of the molecule is S=C(N/N=C/c1ccc(Cl)cc1)Nc1ccc(Cl)cc1. The molecule has 0 bridgehead atoms. The third-order valence-electron chi connectivity index (χ3n) is 2.35. The van der Waals surface area contributed by atoms with Gasteiger partial charge in [-0.25, -0.2) is 0 Å². The molecule has 0 aliphatic carbocycles. The molecule has 2 rings (SSSR count). The third-order valence-corrected chi connectivity index (χ3v) is 3.05. The van der Waals surface area contributed by atoms with Crippen molar-refractivity contribution in [2.24, 2.45) is 5.10 Å². The zero-order valence-electron chi connectivity index (χ0n) is 10.3. The Morgan fingerprint density at radius 1 is 0.950 bits per heavy atom. The number of anilines is 1. The Hall–Kier alpha value is -1.62. The van der Waals surface area contributed by atoms with Gasteiger partial charge in [0.2, 0.25) is 0 Å². The first-order valence-corrected chi connectivity index (χ1v) is 6.91. The molecule has 102 valence electrons. The van der Waals surface area contributed by atoms with E-state index >= 15 is 0 Å². The van der Waals surface area contributed by atoms with Gasteiger partial charge in [0.25, 0.3) is 0 Å². The van der Waals surface area contributed by atoms with Crippen molar-refractivity contribution >= 4 is 52.4 Å². The largest absolute Gasteiger partial charge is 0.331 e. The lowest BCUT2D eigenvalue weighted by atomic mass is 10.2. The molecule has 0 unspecified atom stereocenters. The van der Waals surface area contributed by atoms with E-state index in [0.717, 1.165) is 11.3 Å². The highest BCUT2D eigenvalue weighted by Crippen LogP contribution is 2.13. The van der Waals surface area contributed by atoms with E-state index in [1.165, 1.54) is 0 Å². The molecule has 2 N–H and O–H groups in total. The van der Waals surface area contributed by atoms with Gasteiger partial charge in [-0.05, 0) is 54.2 Å². The zero-order chi connectivity index (χ0) is 14.4. The summed E-state index contributed by atoms with van der Waals surface area (Å²) >= 11 is 16.7. The quantitative estimate of drug-likeness (QED) is 0.502. The van der Waals surface area contributed by atoms with Gasteiger partial charge in [0, 0.05) is 15.7 Å². The Balaban J connectivity index is 1.85. The number of halogens is 2. The molecular formula is C14H11Cl2N3S. The molecule has 0 fully saturated rings. The Kier molecular flexibility index (Phi) is 5.35. The second-order valence-electron chi connectivity index (χ2n) is 3.88. The average molecular weight is 324 g/mol. The van der Waals surface area contributed by atoms with Crippen molar-refractivity contribution in [1.29, 1.82) is 0 Å². The van der Waals surface area contributed by atoms with Crippen molar-refractivity contribution in [2.75, 3.05) is 5.32 Å². The predicted octanol–water partition coefficient (Wildman–Crippen LogP) is 4.31. The van der Waals surface area contributed by atoms with E-state index in [1.54, 1.807) is 30.5 Å².